The molecule has 1 heterocycles. The summed E-state index contributed by atoms with van der Waals surface area (Å²) in [4.78, 5) is 61.3. The Morgan fingerprint density at radius 3 is 2.11 bits per heavy atom. The summed E-state index contributed by atoms with van der Waals surface area (Å²) >= 11 is 0. The molecule has 0 radical (unpaired) electrons. The van der Waals surface area contributed by atoms with Gasteiger partial charge < -0.3 is 44.9 Å². The van der Waals surface area contributed by atoms with Crippen LogP contribution >= 0.6 is 0 Å². The van der Waals surface area contributed by atoms with Crippen molar-refractivity contribution in [3.8, 4) is 0 Å². The standard InChI is InChI=1S/C43H75N5O9/c1-13-29(6)38(47(10)43(54)36(27(2)3)45-42(53)37(28(4)5)46(9)22-24-57-25-23-49)34(55-11)26-35(50)48-21-17-20-33(48)40(56-12)30(7)41(52)44-31(8)39(51)32-18-15-14-16-19-32/h14-16,18-19,27-31,33-34,36-40,49,51H,13,17,20-26H2,1-12H3,(H,44,52)(H,45,53). The van der Waals surface area contributed by atoms with Crippen LogP contribution < -0.4 is 10.6 Å². The third-order valence-corrected chi connectivity index (χ3v) is 11.7. The number of carbonyl (C=O) groups is 4. The fourth-order valence-corrected chi connectivity index (χ4v) is 8.18. The van der Waals surface area contributed by atoms with Crippen LogP contribution in [0.3, 0.4) is 0 Å². The van der Waals surface area contributed by atoms with E-state index in [1.54, 1.807) is 44.9 Å². The van der Waals surface area contributed by atoms with E-state index < -0.39 is 48.4 Å². The maximum atomic E-state index is 14.4. The number of carbonyl (C=O) groups excluding carboxylic acids is 4. The van der Waals surface area contributed by atoms with E-state index in [0.717, 1.165) is 12.8 Å². The summed E-state index contributed by atoms with van der Waals surface area (Å²) in [6.07, 6.45) is 0.00162. The Hall–Kier alpha value is -3.14. The van der Waals surface area contributed by atoms with Crippen molar-refractivity contribution < 1.29 is 43.6 Å². The molecule has 0 aliphatic carbocycles. The number of likely N-dealkylation sites (N-methyl/N-ethyl adjacent to an activating group) is 2. The molecule has 14 nitrogen and oxygen atoms in total. The van der Waals surface area contributed by atoms with Crippen LogP contribution in [0.5, 0.6) is 0 Å². The van der Waals surface area contributed by atoms with Crippen LogP contribution in [0.2, 0.25) is 0 Å². The molecule has 1 aliphatic heterocycles. The first kappa shape index (κ1) is 50.0. The second kappa shape index (κ2) is 24.7. The van der Waals surface area contributed by atoms with Gasteiger partial charge in [0.1, 0.15) is 6.04 Å². The average molecular weight is 806 g/mol. The van der Waals surface area contributed by atoms with Gasteiger partial charge in [-0.3, -0.25) is 24.1 Å². The number of nitrogens with one attached hydrogen (secondary N) is 2. The second-order valence-electron chi connectivity index (χ2n) is 16.5. The van der Waals surface area contributed by atoms with E-state index >= 15 is 0 Å². The van der Waals surface area contributed by atoms with Crippen LogP contribution in [0.15, 0.2) is 30.3 Å². The van der Waals surface area contributed by atoms with Crippen LogP contribution in [0.25, 0.3) is 0 Å². The molecule has 1 fully saturated rings. The summed E-state index contributed by atoms with van der Waals surface area (Å²) in [5.74, 6) is -1.90. The molecule has 10 atom stereocenters. The molecule has 0 spiro atoms. The number of rotatable bonds is 25. The molecule has 1 aliphatic rings. The quantitative estimate of drug-likeness (QED) is 0.108. The molecule has 0 saturated carbocycles. The summed E-state index contributed by atoms with van der Waals surface area (Å²) in [7, 11) is 6.67. The molecular weight excluding hydrogens is 730 g/mol. The van der Waals surface area contributed by atoms with Crippen LogP contribution in [0.1, 0.15) is 92.7 Å². The van der Waals surface area contributed by atoms with Gasteiger partial charge in [-0.25, -0.2) is 0 Å². The Balaban J connectivity index is 2.24. The third-order valence-electron chi connectivity index (χ3n) is 11.7. The van der Waals surface area contributed by atoms with Crippen molar-refractivity contribution >= 4 is 23.6 Å². The van der Waals surface area contributed by atoms with Gasteiger partial charge in [-0.1, -0.05) is 85.2 Å². The van der Waals surface area contributed by atoms with E-state index in [9.17, 15) is 24.3 Å². The van der Waals surface area contributed by atoms with Gasteiger partial charge in [0, 0.05) is 34.4 Å². The third kappa shape index (κ3) is 14.0. The topological polar surface area (TPSA) is 170 Å². The lowest BCUT2D eigenvalue weighted by Crippen LogP contribution is -2.60. The minimum Gasteiger partial charge on any atom is -0.394 e. The summed E-state index contributed by atoms with van der Waals surface area (Å²) in [5, 5.41) is 25.9. The van der Waals surface area contributed by atoms with Crippen LogP contribution in [0, 0.1) is 23.7 Å². The highest BCUT2D eigenvalue weighted by molar-refractivity contribution is 5.90. The molecular formula is C43H75N5O9. The minimum absolute atomic E-state index is 0.00815. The number of aliphatic hydroxyl groups excluding tert-OH is 2. The number of ether oxygens (including phenoxy) is 3. The second-order valence-corrected chi connectivity index (χ2v) is 16.5. The lowest BCUT2D eigenvalue weighted by Gasteiger charge is -2.41. The highest BCUT2D eigenvalue weighted by Gasteiger charge is 2.43. The number of aliphatic hydroxyl groups is 2. The first-order chi connectivity index (χ1) is 27.0. The minimum atomic E-state index is -0.887. The number of likely N-dealkylation sites (tertiary alicyclic amines) is 1. The molecule has 14 heteroatoms. The normalized spacial score (nSPS) is 19.4. The van der Waals surface area contributed by atoms with Crippen molar-refractivity contribution in [1.82, 2.24) is 25.3 Å². The van der Waals surface area contributed by atoms with Gasteiger partial charge in [0.15, 0.2) is 0 Å². The monoisotopic (exact) mass is 806 g/mol. The fourth-order valence-electron chi connectivity index (χ4n) is 8.18. The zero-order valence-corrected chi connectivity index (χ0v) is 36.8. The van der Waals surface area contributed by atoms with Gasteiger partial charge in [-0.05, 0) is 50.1 Å². The van der Waals surface area contributed by atoms with E-state index in [-0.39, 0.29) is 67.1 Å². The van der Waals surface area contributed by atoms with Gasteiger partial charge in [0.25, 0.3) is 0 Å². The molecule has 326 valence electrons. The van der Waals surface area contributed by atoms with Crippen LogP contribution in [-0.4, -0.2) is 152 Å². The number of nitrogens with zero attached hydrogens (tertiary/aromatic N) is 3. The Morgan fingerprint density at radius 2 is 1.56 bits per heavy atom. The van der Waals surface area contributed by atoms with Crippen molar-refractivity contribution in [2.75, 3.05) is 61.2 Å². The van der Waals surface area contributed by atoms with E-state index in [0.29, 0.717) is 31.7 Å². The van der Waals surface area contributed by atoms with Crippen molar-refractivity contribution in [2.24, 2.45) is 23.7 Å². The number of hydrogen-bond acceptors (Lipinski definition) is 10. The van der Waals surface area contributed by atoms with Crippen molar-refractivity contribution in [3.05, 3.63) is 35.9 Å². The van der Waals surface area contributed by atoms with E-state index in [1.165, 1.54) is 0 Å². The van der Waals surface area contributed by atoms with Crippen molar-refractivity contribution in [2.45, 2.75) is 130 Å². The van der Waals surface area contributed by atoms with Crippen LogP contribution in [0.4, 0.5) is 0 Å². The lowest BCUT2D eigenvalue weighted by molar-refractivity contribution is -0.148. The molecule has 1 aromatic carbocycles. The Labute approximate surface area is 342 Å². The SMILES string of the molecule is CCC(C)C(C(CC(=O)N1CCCC1C(OC)C(C)C(=O)NC(C)C(O)c1ccccc1)OC)N(C)C(=O)C(NC(=O)C(C(C)C)N(C)CCOCCO)C(C)C. The Kier molecular flexibility index (Phi) is 21.7. The van der Waals surface area contributed by atoms with Gasteiger partial charge in [0.2, 0.25) is 23.6 Å². The van der Waals surface area contributed by atoms with E-state index in [2.05, 4.69) is 10.6 Å². The van der Waals surface area contributed by atoms with Crippen molar-refractivity contribution in [3.63, 3.8) is 0 Å². The van der Waals surface area contributed by atoms with Crippen LogP contribution in [-0.2, 0) is 33.4 Å². The van der Waals surface area contributed by atoms with Crippen molar-refractivity contribution in [1.29, 1.82) is 0 Å². The molecule has 1 aromatic rings. The lowest BCUT2D eigenvalue weighted by atomic mass is 9.89. The zero-order valence-electron chi connectivity index (χ0n) is 36.8. The molecule has 4 amide bonds. The number of hydrogen-bond donors (Lipinski definition) is 4. The number of benzene rings is 1. The van der Waals surface area contributed by atoms with Gasteiger partial charge in [-0.15, -0.1) is 0 Å². The Morgan fingerprint density at radius 1 is 0.912 bits per heavy atom. The Bertz CT molecular complexity index is 1370. The highest BCUT2D eigenvalue weighted by Crippen LogP contribution is 2.30. The predicted octanol–water partition coefficient (Wildman–Crippen LogP) is 3.25. The largest absolute Gasteiger partial charge is 0.394 e. The molecule has 0 bridgehead atoms. The average Bonchev–Trinajstić information content (AvgIpc) is 3.67. The van der Waals surface area contributed by atoms with Gasteiger partial charge >= 0.3 is 0 Å². The molecule has 0 aromatic heterocycles. The molecule has 10 unspecified atom stereocenters. The molecule has 2 rings (SSSR count). The summed E-state index contributed by atoms with van der Waals surface area (Å²) < 4.78 is 17.4. The van der Waals surface area contributed by atoms with Gasteiger partial charge in [0.05, 0.1) is 74.6 Å². The first-order valence-corrected chi connectivity index (χ1v) is 20.8. The highest BCUT2D eigenvalue weighted by atomic mass is 16.5. The fraction of sp³-hybridized carbons (Fsp3) is 0.767. The summed E-state index contributed by atoms with van der Waals surface area (Å²) in [5.41, 5.74) is 0.703. The van der Waals surface area contributed by atoms with E-state index in [1.807, 2.05) is 83.8 Å². The maximum Gasteiger partial charge on any atom is 0.245 e. The predicted molar refractivity (Wildman–Crippen MR) is 221 cm³/mol. The van der Waals surface area contributed by atoms with E-state index in [4.69, 9.17) is 19.3 Å². The summed E-state index contributed by atoms with van der Waals surface area (Å²) in [6, 6.07) is 6.44. The number of amides is 4. The van der Waals surface area contributed by atoms with Gasteiger partial charge in [-0.2, -0.15) is 0 Å². The maximum absolute atomic E-state index is 14.4. The molecule has 4 N–H and O–H groups in total. The molecule has 57 heavy (non-hydrogen) atoms. The molecule has 1 saturated heterocycles. The number of methoxy groups -OCH3 is 2. The zero-order chi connectivity index (χ0) is 43.0. The first-order valence-electron chi connectivity index (χ1n) is 20.8. The summed E-state index contributed by atoms with van der Waals surface area (Å²) in [6.45, 7) is 16.8. The smallest absolute Gasteiger partial charge is 0.245 e.